The molecule has 1 nitrogen and oxygen atoms in total. The molecule has 1 aliphatic heterocycles. The molecule has 0 N–H and O–H groups in total. The second-order valence-corrected chi connectivity index (χ2v) is 4.27. The van der Waals surface area contributed by atoms with Gasteiger partial charge in [-0.3, -0.25) is 0 Å². The molecule has 0 amide bonds. The van der Waals surface area contributed by atoms with E-state index in [0.717, 1.165) is 17.7 Å². The number of rotatable bonds is 2. The first-order valence-corrected chi connectivity index (χ1v) is 6.06. The summed E-state index contributed by atoms with van der Waals surface area (Å²) in [6, 6.07) is 8.23. The van der Waals surface area contributed by atoms with E-state index in [1.54, 1.807) is 0 Å². The summed E-state index contributed by atoms with van der Waals surface area (Å²) in [7, 11) is 2.09. The van der Waals surface area contributed by atoms with Gasteiger partial charge in [0.25, 0.3) is 0 Å². The highest BCUT2D eigenvalue weighted by atomic mass is 15.1. The van der Waals surface area contributed by atoms with E-state index >= 15 is 0 Å². The fourth-order valence-corrected chi connectivity index (χ4v) is 2.08. The van der Waals surface area contributed by atoms with E-state index in [1.165, 1.54) is 11.3 Å². The van der Waals surface area contributed by atoms with Crippen LogP contribution in [0.5, 0.6) is 0 Å². The van der Waals surface area contributed by atoms with E-state index in [0.29, 0.717) is 0 Å². The van der Waals surface area contributed by atoms with Gasteiger partial charge >= 0.3 is 0 Å². The average molecular weight is 235 g/mol. The maximum absolute atomic E-state index is 3.86. The standard InChI is InChI=1S/C17H17N/c1-4-8-16-13-18(3)17-10-7-6-9-15(17)12-11-14(16)5-2/h4-10H,2,13H2,1,3H3/b8-4-,16-14-. The van der Waals surface area contributed by atoms with E-state index in [-0.39, 0.29) is 0 Å². The molecule has 1 heterocycles. The third-order valence-electron chi connectivity index (χ3n) is 2.97. The van der Waals surface area contributed by atoms with Crippen molar-refractivity contribution in [1.29, 1.82) is 0 Å². The number of nitrogens with zero attached hydrogens (tertiary/aromatic N) is 1. The van der Waals surface area contributed by atoms with Gasteiger partial charge in [0.1, 0.15) is 0 Å². The maximum Gasteiger partial charge on any atom is 0.0525 e. The number of fused-ring (bicyclic) bond motifs is 1. The first-order valence-electron chi connectivity index (χ1n) is 6.06. The van der Waals surface area contributed by atoms with Crippen molar-refractivity contribution >= 4 is 5.69 Å². The number of para-hydroxylation sites is 1. The summed E-state index contributed by atoms with van der Waals surface area (Å²) >= 11 is 0. The van der Waals surface area contributed by atoms with E-state index in [1.807, 2.05) is 31.2 Å². The quantitative estimate of drug-likeness (QED) is 0.709. The Morgan fingerprint density at radius 2 is 2.06 bits per heavy atom. The molecule has 1 heteroatoms. The van der Waals surface area contributed by atoms with Crippen molar-refractivity contribution in [2.24, 2.45) is 0 Å². The minimum absolute atomic E-state index is 0.845. The van der Waals surface area contributed by atoms with Crippen molar-refractivity contribution in [2.45, 2.75) is 6.92 Å². The second-order valence-electron chi connectivity index (χ2n) is 4.27. The fraction of sp³-hybridized carbons (Fsp3) is 0.176. The normalized spacial score (nSPS) is 18.7. The number of allylic oxidation sites excluding steroid dienone is 3. The van der Waals surface area contributed by atoms with Crippen LogP contribution >= 0.6 is 0 Å². The van der Waals surface area contributed by atoms with E-state index < -0.39 is 0 Å². The molecule has 90 valence electrons. The molecule has 0 saturated heterocycles. The third kappa shape index (κ3) is 2.38. The first-order chi connectivity index (χ1) is 8.76. The van der Waals surface area contributed by atoms with Gasteiger partial charge in [-0.25, -0.2) is 0 Å². The van der Waals surface area contributed by atoms with Gasteiger partial charge in [0.2, 0.25) is 0 Å². The van der Waals surface area contributed by atoms with Gasteiger partial charge in [-0.2, -0.15) is 0 Å². The molecule has 18 heavy (non-hydrogen) atoms. The molecule has 0 radical (unpaired) electrons. The van der Waals surface area contributed by atoms with Crippen LogP contribution in [0, 0.1) is 11.8 Å². The monoisotopic (exact) mass is 235 g/mol. The fourth-order valence-electron chi connectivity index (χ4n) is 2.08. The van der Waals surface area contributed by atoms with E-state index in [9.17, 15) is 0 Å². The topological polar surface area (TPSA) is 3.24 Å². The molecular formula is C17H17N. The Bertz CT molecular complexity index is 579. The lowest BCUT2D eigenvalue weighted by molar-refractivity contribution is 0.993. The zero-order chi connectivity index (χ0) is 13.0. The van der Waals surface area contributed by atoms with Gasteiger partial charge in [0, 0.05) is 24.7 Å². The SMILES string of the molecule is C=C/C1=C(\C=C/C)CN(C)c2ccccc2C#C1. The van der Waals surface area contributed by atoms with Crippen molar-refractivity contribution in [3.63, 3.8) is 0 Å². The number of hydrogen-bond donors (Lipinski definition) is 0. The predicted octanol–water partition coefficient (Wildman–Crippen LogP) is 3.55. The summed E-state index contributed by atoms with van der Waals surface area (Å²) in [5.74, 6) is 6.45. The Hall–Kier alpha value is -2.20. The summed E-state index contributed by atoms with van der Waals surface area (Å²) < 4.78 is 0. The molecule has 0 bridgehead atoms. The lowest BCUT2D eigenvalue weighted by Gasteiger charge is -2.23. The average Bonchev–Trinajstić information content (AvgIpc) is 2.38. The van der Waals surface area contributed by atoms with Crippen LogP contribution in [0.2, 0.25) is 0 Å². The van der Waals surface area contributed by atoms with E-state index in [2.05, 4.69) is 48.6 Å². The highest BCUT2D eigenvalue weighted by Gasteiger charge is 2.10. The Balaban J connectivity index is 2.58. The first kappa shape index (κ1) is 12.3. The Morgan fingerprint density at radius 3 is 2.78 bits per heavy atom. The largest absolute Gasteiger partial charge is 0.369 e. The highest BCUT2D eigenvalue weighted by Crippen LogP contribution is 2.22. The van der Waals surface area contributed by atoms with Crippen molar-refractivity contribution in [3.05, 3.63) is 65.8 Å². The van der Waals surface area contributed by atoms with Crippen LogP contribution in [0.1, 0.15) is 12.5 Å². The maximum atomic E-state index is 3.86. The van der Waals surface area contributed by atoms with Crippen LogP contribution in [0.25, 0.3) is 0 Å². The van der Waals surface area contributed by atoms with Crippen LogP contribution in [0.15, 0.2) is 60.2 Å². The van der Waals surface area contributed by atoms with Crippen molar-refractivity contribution in [3.8, 4) is 11.8 Å². The van der Waals surface area contributed by atoms with Gasteiger partial charge in [0.15, 0.2) is 0 Å². The summed E-state index contributed by atoms with van der Waals surface area (Å²) in [5, 5.41) is 0. The van der Waals surface area contributed by atoms with Crippen LogP contribution in [0.3, 0.4) is 0 Å². The summed E-state index contributed by atoms with van der Waals surface area (Å²) in [5.41, 5.74) is 4.46. The smallest absolute Gasteiger partial charge is 0.0525 e. The molecule has 0 atom stereocenters. The highest BCUT2D eigenvalue weighted by molar-refractivity contribution is 5.65. The molecular weight excluding hydrogens is 218 g/mol. The number of hydrogen-bond acceptors (Lipinski definition) is 1. The number of anilines is 1. The van der Waals surface area contributed by atoms with Crippen LogP contribution in [-0.4, -0.2) is 13.6 Å². The zero-order valence-electron chi connectivity index (χ0n) is 10.9. The minimum Gasteiger partial charge on any atom is -0.369 e. The summed E-state index contributed by atoms with van der Waals surface area (Å²) in [6.45, 7) is 6.72. The van der Waals surface area contributed by atoms with Crippen molar-refractivity contribution in [1.82, 2.24) is 0 Å². The Morgan fingerprint density at radius 1 is 1.28 bits per heavy atom. The lowest BCUT2D eigenvalue weighted by Crippen LogP contribution is -2.22. The Kier molecular flexibility index (Phi) is 3.69. The van der Waals surface area contributed by atoms with Crippen LogP contribution in [0.4, 0.5) is 5.69 Å². The molecule has 1 aromatic rings. The minimum atomic E-state index is 0.845. The predicted molar refractivity (Wildman–Crippen MR) is 78.6 cm³/mol. The molecule has 0 aliphatic carbocycles. The molecule has 1 aromatic carbocycles. The van der Waals surface area contributed by atoms with Gasteiger partial charge in [-0.15, -0.1) is 0 Å². The van der Waals surface area contributed by atoms with Gasteiger partial charge in [0.05, 0.1) is 5.69 Å². The molecule has 0 unspecified atom stereocenters. The Labute approximate surface area is 109 Å². The molecule has 0 fully saturated rings. The molecule has 1 aliphatic rings. The molecule has 2 rings (SSSR count). The molecule has 0 saturated carbocycles. The molecule has 0 aromatic heterocycles. The van der Waals surface area contributed by atoms with Gasteiger partial charge in [-0.05, 0) is 24.6 Å². The summed E-state index contributed by atoms with van der Waals surface area (Å²) in [4.78, 5) is 2.22. The van der Waals surface area contributed by atoms with E-state index in [4.69, 9.17) is 0 Å². The number of benzene rings is 1. The number of likely N-dealkylation sites (N-methyl/N-ethyl adjacent to an activating group) is 1. The third-order valence-corrected chi connectivity index (χ3v) is 2.97. The van der Waals surface area contributed by atoms with Crippen LogP contribution < -0.4 is 4.90 Å². The van der Waals surface area contributed by atoms with Crippen molar-refractivity contribution in [2.75, 3.05) is 18.5 Å². The summed E-state index contributed by atoms with van der Waals surface area (Å²) in [6.07, 6.45) is 5.99. The lowest BCUT2D eigenvalue weighted by atomic mass is 10.0. The second kappa shape index (κ2) is 5.42. The van der Waals surface area contributed by atoms with Gasteiger partial charge < -0.3 is 4.90 Å². The molecule has 0 spiro atoms. The van der Waals surface area contributed by atoms with Gasteiger partial charge in [-0.1, -0.05) is 48.8 Å². The van der Waals surface area contributed by atoms with Crippen LogP contribution in [-0.2, 0) is 0 Å². The zero-order valence-corrected chi connectivity index (χ0v) is 10.9. The van der Waals surface area contributed by atoms with Crippen molar-refractivity contribution < 1.29 is 0 Å².